The Kier molecular flexibility index (Phi) is 5.72. The quantitative estimate of drug-likeness (QED) is 0.452. The number of carboxylic acids is 1. The van der Waals surface area contributed by atoms with Gasteiger partial charge >= 0.3 is 5.97 Å². The fourth-order valence-electron chi connectivity index (χ4n) is 4.72. The highest BCUT2D eigenvalue weighted by Gasteiger charge is 2.33. The zero-order chi connectivity index (χ0) is 25.0. The van der Waals surface area contributed by atoms with E-state index in [1.165, 1.54) is 17.8 Å². The molecule has 4 heterocycles. The van der Waals surface area contributed by atoms with E-state index in [1.54, 1.807) is 23.7 Å². The van der Waals surface area contributed by atoms with Crippen LogP contribution in [0.25, 0.3) is 10.9 Å². The maximum atomic E-state index is 15.2. The summed E-state index contributed by atoms with van der Waals surface area (Å²) in [6.45, 7) is 4.38. The summed E-state index contributed by atoms with van der Waals surface area (Å²) in [5, 5.41) is 22.9. The first-order valence-corrected chi connectivity index (χ1v) is 12.0. The van der Waals surface area contributed by atoms with Crippen LogP contribution >= 0.6 is 11.8 Å². The molecule has 0 amide bonds. The van der Waals surface area contributed by atoms with Gasteiger partial charge in [0.25, 0.3) is 5.56 Å². The van der Waals surface area contributed by atoms with Gasteiger partial charge in [-0.3, -0.25) is 14.5 Å². The van der Waals surface area contributed by atoms with Gasteiger partial charge in [-0.2, -0.15) is 4.73 Å². The summed E-state index contributed by atoms with van der Waals surface area (Å²) in [6, 6.07) is 5.79. The van der Waals surface area contributed by atoms with Crippen LogP contribution in [0.2, 0.25) is 0 Å². The Bertz CT molecular complexity index is 1480. The minimum Gasteiger partial charge on any atom is -0.477 e. The predicted molar refractivity (Wildman–Crippen MR) is 131 cm³/mol. The third-order valence-electron chi connectivity index (χ3n) is 6.56. The molecule has 0 spiro atoms. The Labute approximate surface area is 203 Å². The van der Waals surface area contributed by atoms with E-state index >= 15 is 4.39 Å². The van der Waals surface area contributed by atoms with Crippen LogP contribution < -0.4 is 21.2 Å². The lowest BCUT2D eigenvalue weighted by Crippen LogP contribution is -2.46. The number of pyridine rings is 2. The standard InChI is InChI=1S/C23H24FN5O5S/c1-12-28-17-10-18(16(24)9-15(17)21(31)20(23(32)33)22(28)35-12)27-5-3-26(4-6-27)11-14-7-13(25-2)8-19(30)29(14)34/h7-10,12,25,34H,3-6,11H2,1-2H3,(H,32,33). The Morgan fingerprint density at radius 2 is 1.89 bits per heavy atom. The molecule has 0 radical (unpaired) electrons. The van der Waals surface area contributed by atoms with Gasteiger partial charge in [0.2, 0.25) is 5.43 Å². The molecular formula is C23H24FN5O5S. The van der Waals surface area contributed by atoms with Gasteiger partial charge in [-0.05, 0) is 25.1 Å². The van der Waals surface area contributed by atoms with E-state index in [4.69, 9.17) is 0 Å². The molecule has 2 aromatic heterocycles. The zero-order valence-corrected chi connectivity index (χ0v) is 19.9. The summed E-state index contributed by atoms with van der Waals surface area (Å²) in [6.07, 6.45) is 0. The van der Waals surface area contributed by atoms with Crippen molar-refractivity contribution in [2.75, 3.05) is 43.4 Å². The Hall–Kier alpha value is -3.51. The van der Waals surface area contributed by atoms with Gasteiger partial charge < -0.3 is 25.1 Å². The van der Waals surface area contributed by atoms with Crippen molar-refractivity contribution in [2.45, 2.75) is 23.9 Å². The smallest absolute Gasteiger partial charge is 0.342 e. The summed E-state index contributed by atoms with van der Waals surface area (Å²) in [5.41, 5.74) is 0.430. The molecule has 1 fully saturated rings. The van der Waals surface area contributed by atoms with E-state index in [-0.39, 0.29) is 16.3 Å². The number of fused-ring (bicyclic) bond motifs is 3. The number of thioether (sulfide) groups is 1. The number of piperazine rings is 1. The van der Waals surface area contributed by atoms with Crippen molar-refractivity contribution in [1.82, 2.24) is 14.2 Å². The van der Waals surface area contributed by atoms with Crippen LogP contribution in [0.3, 0.4) is 0 Å². The number of carboxylic acid groups (broad SMARTS) is 1. The lowest BCUT2D eigenvalue weighted by molar-refractivity contribution is 0.0689. The molecule has 12 heteroatoms. The molecule has 1 aromatic carbocycles. The van der Waals surface area contributed by atoms with Gasteiger partial charge in [0.1, 0.15) is 11.4 Å². The minimum atomic E-state index is -1.31. The molecule has 10 nitrogen and oxygen atoms in total. The number of aromatic carboxylic acids is 1. The lowest BCUT2D eigenvalue weighted by atomic mass is 10.1. The fraction of sp³-hybridized carbons (Fsp3) is 0.348. The van der Waals surface area contributed by atoms with E-state index in [0.717, 1.165) is 6.07 Å². The van der Waals surface area contributed by atoms with E-state index < -0.39 is 22.8 Å². The molecule has 2 aliphatic heterocycles. The Morgan fingerprint density at radius 3 is 2.51 bits per heavy atom. The van der Waals surface area contributed by atoms with Crippen molar-refractivity contribution in [1.29, 1.82) is 0 Å². The van der Waals surface area contributed by atoms with Crippen LogP contribution in [0.15, 0.2) is 38.9 Å². The predicted octanol–water partition coefficient (Wildman–Crippen LogP) is 2.23. The highest BCUT2D eigenvalue weighted by atomic mass is 32.2. The number of hydrogen-bond acceptors (Lipinski definition) is 8. The third-order valence-corrected chi connectivity index (χ3v) is 7.73. The molecule has 0 aliphatic carbocycles. The maximum absolute atomic E-state index is 15.2. The lowest BCUT2D eigenvalue weighted by Gasteiger charge is -2.37. The molecule has 3 N–H and O–H groups in total. The van der Waals surface area contributed by atoms with Crippen LogP contribution in [-0.2, 0) is 6.54 Å². The van der Waals surface area contributed by atoms with Crippen LogP contribution in [0.1, 0.15) is 28.3 Å². The minimum absolute atomic E-state index is 0.0588. The van der Waals surface area contributed by atoms with Crippen molar-refractivity contribution in [3.63, 3.8) is 0 Å². The van der Waals surface area contributed by atoms with Crippen LogP contribution in [0.5, 0.6) is 0 Å². The molecular weight excluding hydrogens is 477 g/mol. The Balaban J connectivity index is 1.41. The molecule has 1 saturated heterocycles. The summed E-state index contributed by atoms with van der Waals surface area (Å²) in [5.74, 6) is -1.89. The van der Waals surface area contributed by atoms with Gasteiger partial charge in [-0.25, -0.2) is 9.18 Å². The van der Waals surface area contributed by atoms with E-state index in [0.29, 0.717) is 65.1 Å². The largest absolute Gasteiger partial charge is 0.477 e. The van der Waals surface area contributed by atoms with Crippen molar-refractivity contribution >= 4 is 40.0 Å². The molecule has 0 saturated carbocycles. The number of rotatable bonds is 5. The second kappa shape index (κ2) is 8.61. The average Bonchev–Trinajstić information content (AvgIpc) is 2.82. The van der Waals surface area contributed by atoms with Crippen molar-refractivity contribution < 1.29 is 19.5 Å². The number of benzene rings is 1. The SMILES string of the molecule is CNc1cc(CN2CCN(c3cc4c(cc3F)c(=O)c(C(=O)O)c3n4C(C)S3)CC2)n(O)c(=O)c1. The summed E-state index contributed by atoms with van der Waals surface area (Å²) in [4.78, 5) is 40.3. The first kappa shape index (κ1) is 23.2. The first-order valence-electron chi connectivity index (χ1n) is 11.1. The van der Waals surface area contributed by atoms with E-state index in [2.05, 4.69) is 10.2 Å². The van der Waals surface area contributed by atoms with Crippen molar-refractivity contribution in [3.05, 3.63) is 61.9 Å². The van der Waals surface area contributed by atoms with Crippen molar-refractivity contribution in [3.8, 4) is 0 Å². The number of nitrogens with zero attached hydrogens (tertiary/aromatic N) is 4. The van der Waals surface area contributed by atoms with Gasteiger partial charge in [0.15, 0.2) is 0 Å². The second-order valence-corrected chi connectivity index (χ2v) is 9.93. The second-order valence-electron chi connectivity index (χ2n) is 8.62. The molecule has 3 aromatic rings. The summed E-state index contributed by atoms with van der Waals surface area (Å²) >= 11 is 1.31. The molecule has 0 bridgehead atoms. The Morgan fingerprint density at radius 1 is 1.17 bits per heavy atom. The summed E-state index contributed by atoms with van der Waals surface area (Å²) in [7, 11) is 1.70. The first-order chi connectivity index (χ1) is 16.7. The zero-order valence-electron chi connectivity index (χ0n) is 19.1. The van der Waals surface area contributed by atoms with Crippen molar-refractivity contribution in [2.24, 2.45) is 0 Å². The normalized spacial score (nSPS) is 17.8. The average molecular weight is 502 g/mol. The van der Waals surface area contributed by atoms with Gasteiger partial charge in [-0.15, -0.1) is 0 Å². The van der Waals surface area contributed by atoms with Gasteiger partial charge in [0.05, 0.1) is 27.3 Å². The van der Waals surface area contributed by atoms with E-state index in [1.807, 2.05) is 11.8 Å². The van der Waals surface area contributed by atoms with Crippen LogP contribution in [0.4, 0.5) is 15.8 Å². The number of hydrogen-bond donors (Lipinski definition) is 3. The number of anilines is 2. The number of halogens is 1. The highest BCUT2D eigenvalue weighted by molar-refractivity contribution is 8.00. The number of aromatic nitrogens is 2. The monoisotopic (exact) mass is 501 g/mol. The van der Waals surface area contributed by atoms with Gasteiger partial charge in [0, 0.05) is 56.9 Å². The number of carbonyl (C=O) groups is 1. The highest BCUT2D eigenvalue weighted by Crippen LogP contribution is 2.46. The van der Waals surface area contributed by atoms with Crippen LogP contribution in [-0.4, -0.2) is 63.7 Å². The maximum Gasteiger partial charge on any atom is 0.342 e. The fourth-order valence-corrected chi connectivity index (χ4v) is 5.87. The molecule has 35 heavy (non-hydrogen) atoms. The number of nitrogens with one attached hydrogen (secondary N) is 1. The topological polar surface area (TPSA) is 120 Å². The molecule has 1 unspecified atom stereocenters. The van der Waals surface area contributed by atoms with Crippen LogP contribution in [0, 0.1) is 5.82 Å². The van der Waals surface area contributed by atoms with E-state index in [9.17, 15) is 24.7 Å². The molecule has 2 aliphatic rings. The summed E-state index contributed by atoms with van der Waals surface area (Å²) < 4.78 is 17.6. The molecule has 184 valence electrons. The molecule has 5 rings (SSSR count). The molecule has 1 atom stereocenters. The van der Waals surface area contributed by atoms with Gasteiger partial charge in [-0.1, -0.05) is 11.8 Å². The third kappa shape index (κ3) is 3.82.